The van der Waals surface area contributed by atoms with Gasteiger partial charge in [0, 0.05) is 16.5 Å². The van der Waals surface area contributed by atoms with E-state index in [0.29, 0.717) is 11.3 Å². The molecule has 0 saturated heterocycles. The molecular formula is C21H20N2O4S. The van der Waals surface area contributed by atoms with Crippen molar-refractivity contribution in [2.75, 3.05) is 6.61 Å². The summed E-state index contributed by atoms with van der Waals surface area (Å²) < 4.78 is 5.53. The van der Waals surface area contributed by atoms with Crippen molar-refractivity contribution in [2.45, 2.75) is 19.9 Å². The topological polar surface area (TPSA) is 81.5 Å². The summed E-state index contributed by atoms with van der Waals surface area (Å²) >= 11 is 1.57. The van der Waals surface area contributed by atoms with Crippen molar-refractivity contribution in [1.82, 2.24) is 5.32 Å². The first-order valence-electron chi connectivity index (χ1n) is 8.71. The number of hydrogen-bond donors (Lipinski definition) is 1. The maximum absolute atomic E-state index is 12.5. The summed E-state index contributed by atoms with van der Waals surface area (Å²) in [5.41, 5.74) is 2.65. The normalized spacial score (nSPS) is 11.6. The molecule has 1 unspecified atom stereocenters. The fraction of sp³-hybridized carbons (Fsp3) is 0.190. The first-order valence-corrected chi connectivity index (χ1v) is 9.59. The second kappa shape index (κ2) is 8.67. The van der Waals surface area contributed by atoms with Crippen LogP contribution in [0.1, 0.15) is 27.6 Å². The summed E-state index contributed by atoms with van der Waals surface area (Å²) in [4.78, 5) is 24.0. The van der Waals surface area contributed by atoms with Crippen LogP contribution in [0.2, 0.25) is 0 Å². The van der Waals surface area contributed by atoms with Crippen LogP contribution in [0.15, 0.2) is 60.0 Å². The van der Waals surface area contributed by atoms with Gasteiger partial charge in [-0.05, 0) is 43.0 Å². The molecule has 0 radical (unpaired) electrons. The first kappa shape index (κ1) is 19.6. The number of nitro benzene ring substituents is 1. The van der Waals surface area contributed by atoms with Crippen LogP contribution in [0.25, 0.3) is 0 Å². The molecule has 28 heavy (non-hydrogen) atoms. The Hall–Kier alpha value is -3.19. The van der Waals surface area contributed by atoms with Gasteiger partial charge in [0.25, 0.3) is 11.6 Å². The van der Waals surface area contributed by atoms with E-state index in [4.69, 9.17) is 4.74 Å². The van der Waals surface area contributed by atoms with Crippen molar-refractivity contribution in [3.63, 3.8) is 0 Å². The van der Waals surface area contributed by atoms with E-state index in [1.54, 1.807) is 24.3 Å². The molecule has 3 aromatic rings. The number of nitro groups is 1. The zero-order chi connectivity index (χ0) is 20.1. The Balaban J connectivity index is 1.68. The molecule has 1 heterocycles. The fourth-order valence-corrected chi connectivity index (χ4v) is 3.61. The van der Waals surface area contributed by atoms with Crippen molar-refractivity contribution < 1.29 is 14.5 Å². The number of aryl methyl sites for hydroxylation is 2. The zero-order valence-electron chi connectivity index (χ0n) is 15.5. The van der Waals surface area contributed by atoms with Gasteiger partial charge in [0.15, 0.2) is 6.61 Å². The van der Waals surface area contributed by atoms with Crippen LogP contribution in [0, 0.1) is 24.0 Å². The smallest absolute Gasteiger partial charge is 0.272 e. The lowest BCUT2D eigenvalue weighted by Crippen LogP contribution is -2.32. The minimum Gasteiger partial charge on any atom is -0.484 e. The number of nitrogens with one attached hydrogen (secondary N) is 1. The molecule has 1 N–H and O–H groups in total. The summed E-state index contributed by atoms with van der Waals surface area (Å²) in [5, 5.41) is 15.9. The third-order valence-corrected chi connectivity index (χ3v) is 5.22. The van der Waals surface area contributed by atoms with Gasteiger partial charge < -0.3 is 10.1 Å². The number of ether oxygens (including phenoxy) is 1. The SMILES string of the molecule is Cc1ccc(C(NC(=O)COc2ccc([N+](=O)[O-])c(C)c2)c2cccs2)cc1. The van der Waals surface area contributed by atoms with Crippen molar-refractivity contribution in [2.24, 2.45) is 0 Å². The summed E-state index contributed by atoms with van der Waals surface area (Å²) in [7, 11) is 0. The largest absolute Gasteiger partial charge is 0.484 e. The van der Waals surface area contributed by atoms with Crippen LogP contribution < -0.4 is 10.1 Å². The van der Waals surface area contributed by atoms with Crippen LogP contribution in [0.4, 0.5) is 5.69 Å². The van der Waals surface area contributed by atoms with Crippen LogP contribution in [0.5, 0.6) is 5.75 Å². The molecule has 0 aliphatic carbocycles. The van der Waals surface area contributed by atoms with Crippen molar-refractivity contribution in [3.8, 4) is 5.75 Å². The molecule has 0 aliphatic heterocycles. The molecule has 0 spiro atoms. The molecule has 6 nitrogen and oxygen atoms in total. The number of carbonyl (C=O) groups is 1. The maximum Gasteiger partial charge on any atom is 0.272 e. The van der Waals surface area contributed by atoms with Crippen molar-refractivity contribution >= 4 is 22.9 Å². The summed E-state index contributed by atoms with van der Waals surface area (Å²) in [5.74, 6) is 0.149. The standard InChI is InChI=1S/C21H20N2O4S/c1-14-5-7-16(8-6-14)21(19-4-3-11-28-19)22-20(24)13-27-17-9-10-18(23(25)26)15(2)12-17/h3-12,21H,13H2,1-2H3,(H,22,24). The second-order valence-corrected chi connectivity index (χ2v) is 7.40. The first-order chi connectivity index (χ1) is 13.4. The highest BCUT2D eigenvalue weighted by molar-refractivity contribution is 7.10. The molecule has 0 fully saturated rings. The second-order valence-electron chi connectivity index (χ2n) is 6.42. The van der Waals surface area contributed by atoms with E-state index in [1.807, 2.05) is 48.7 Å². The predicted octanol–water partition coefficient (Wildman–Crippen LogP) is 4.56. The number of benzene rings is 2. The number of amides is 1. The number of nitrogens with zero attached hydrogens (tertiary/aromatic N) is 1. The molecule has 1 aromatic heterocycles. The Kier molecular flexibility index (Phi) is 6.06. The molecule has 0 aliphatic rings. The van der Waals surface area contributed by atoms with Gasteiger partial charge in [-0.15, -0.1) is 11.3 Å². The van der Waals surface area contributed by atoms with Gasteiger partial charge >= 0.3 is 0 Å². The zero-order valence-corrected chi connectivity index (χ0v) is 16.4. The third kappa shape index (κ3) is 4.75. The molecule has 0 bridgehead atoms. The summed E-state index contributed by atoms with van der Waals surface area (Å²) in [6.07, 6.45) is 0. The Morgan fingerprint density at radius 3 is 2.54 bits per heavy atom. The van der Waals surface area contributed by atoms with E-state index >= 15 is 0 Å². The Labute approximate surface area is 166 Å². The van der Waals surface area contributed by atoms with Gasteiger partial charge in [0.05, 0.1) is 11.0 Å². The quantitative estimate of drug-likeness (QED) is 0.469. The summed E-state index contributed by atoms with van der Waals surface area (Å²) in [6.45, 7) is 3.48. The average molecular weight is 396 g/mol. The Morgan fingerprint density at radius 1 is 1.18 bits per heavy atom. The van der Waals surface area contributed by atoms with E-state index in [1.165, 1.54) is 12.1 Å². The van der Waals surface area contributed by atoms with Gasteiger partial charge in [-0.1, -0.05) is 35.9 Å². The minimum absolute atomic E-state index is 0.0222. The van der Waals surface area contributed by atoms with E-state index in [-0.39, 0.29) is 24.2 Å². The molecule has 1 amide bonds. The lowest BCUT2D eigenvalue weighted by molar-refractivity contribution is -0.385. The lowest BCUT2D eigenvalue weighted by atomic mass is 10.0. The van der Waals surface area contributed by atoms with Gasteiger partial charge in [-0.3, -0.25) is 14.9 Å². The number of thiophene rings is 1. The van der Waals surface area contributed by atoms with E-state index < -0.39 is 4.92 Å². The number of rotatable bonds is 7. The Bertz CT molecular complexity index is 969. The van der Waals surface area contributed by atoms with Gasteiger partial charge in [0.1, 0.15) is 5.75 Å². The number of carbonyl (C=O) groups excluding carboxylic acids is 1. The molecule has 7 heteroatoms. The van der Waals surface area contributed by atoms with Crippen LogP contribution in [-0.2, 0) is 4.79 Å². The summed E-state index contributed by atoms with van der Waals surface area (Å²) in [6, 6.07) is 16.1. The molecule has 2 aromatic carbocycles. The fourth-order valence-electron chi connectivity index (χ4n) is 2.81. The maximum atomic E-state index is 12.5. The molecule has 0 saturated carbocycles. The molecule has 144 valence electrons. The van der Waals surface area contributed by atoms with E-state index in [9.17, 15) is 14.9 Å². The molecule has 3 rings (SSSR count). The van der Waals surface area contributed by atoms with Gasteiger partial charge in [-0.2, -0.15) is 0 Å². The third-order valence-electron chi connectivity index (χ3n) is 4.28. The number of hydrogen-bond acceptors (Lipinski definition) is 5. The Morgan fingerprint density at radius 2 is 1.93 bits per heavy atom. The van der Waals surface area contributed by atoms with Gasteiger partial charge in [0.2, 0.25) is 0 Å². The van der Waals surface area contributed by atoms with E-state index in [2.05, 4.69) is 5.32 Å². The van der Waals surface area contributed by atoms with Crippen LogP contribution in [0.3, 0.4) is 0 Å². The van der Waals surface area contributed by atoms with Crippen molar-refractivity contribution in [1.29, 1.82) is 0 Å². The predicted molar refractivity (Wildman–Crippen MR) is 109 cm³/mol. The highest BCUT2D eigenvalue weighted by Gasteiger charge is 2.18. The highest BCUT2D eigenvalue weighted by atomic mass is 32.1. The van der Waals surface area contributed by atoms with Crippen molar-refractivity contribution in [3.05, 3.63) is 91.7 Å². The monoisotopic (exact) mass is 396 g/mol. The van der Waals surface area contributed by atoms with Gasteiger partial charge in [-0.25, -0.2) is 0 Å². The average Bonchev–Trinajstić information content (AvgIpc) is 3.19. The van der Waals surface area contributed by atoms with Crippen LogP contribution in [-0.4, -0.2) is 17.4 Å². The lowest BCUT2D eigenvalue weighted by Gasteiger charge is -2.18. The van der Waals surface area contributed by atoms with Crippen LogP contribution >= 0.6 is 11.3 Å². The molecule has 1 atom stereocenters. The molecular weight excluding hydrogens is 376 g/mol. The minimum atomic E-state index is -0.445. The highest BCUT2D eigenvalue weighted by Crippen LogP contribution is 2.27. The van der Waals surface area contributed by atoms with E-state index in [0.717, 1.165) is 16.0 Å².